The molecule has 0 bridgehead atoms. The van der Waals surface area contributed by atoms with Crippen molar-refractivity contribution in [3.05, 3.63) is 70.5 Å². The smallest absolute Gasteiger partial charge is 0.258 e. The standard InChI is InChI=1S/C19H17N7O2/c1-12-10-13(6-7-16(12)26-11-20-24-25-26)21-18(27)9-8-17-22-15-5-3-2-4-14(15)19(28)23-17/h2-7,10-11H,8-9H2,1H3,(H,21,27)(H,22,23,28). The van der Waals surface area contributed by atoms with E-state index in [4.69, 9.17) is 0 Å². The average Bonchev–Trinajstić information content (AvgIpc) is 3.21. The predicted octanol–water partition coefficient (Wildman–Crippen LogP) is 1.78. The van der Waals surface area contributed by atoms with E-state index in [0.717, 1.165) is 11.3 Å². The number of rotatable bonds is 5. The molecule has 0 saturated heterocycles. The van der Waals surface area contributed by atoms with Crippen molar-refractivity contribution < 1.29 is 4.79 Å². The van der Waals surface area contributed by atoms with Crippen LogP contribution in [0.1, 0.15) is 17.8 Å². The summed E-state index contributed by atoms with van der Waals surface area (Å²) >= 11 is 0. The third kappa shape index (κ3) is 3.63. The number of aryl methyl sites for hydroxylation is 2. The minimum absolute atomic E-state index is 0.162. The summed E-state index contributed by atoms with van der Waals surface area (Å²) in [6.45, 7) is 1.91. The van der Waals surface area contributed by atoms with Crippen LogP contribution in [-0.2, 0) is 11.2 Å². The van der Waals surface area contributed by atoms with Crippen LogP contribution in [0, 0.1) is 6.92 Å². The maximum Gasteiger partial charge on any atom is 0.258 e. The molecule has 28 heavy (non-hydrogen) atoms. The van der Waals surface area contributed by atoms with E-state index < -0.39 is 0 Å². The number of H-pyrrole nitrogens is 1. The largest absolute Gasteiger partial charge is 0.326 e. The number of benzene rings is 2. The van der Waals surface area contributed by atoms with Crippen LogP contribution in [0.2, 0.25) is 0 Å². The molecule has 0 saturated carbocycles. The Morgan fingerprint density at radius 2 is 2.07 bits per heavy atom. The number of nitrogens with one attached hydrogen (secondary N) is 2. The summed E-state index contributed by atoms with van der Waals surface area (Å²) < 4.78 is 1.56. The summed E-state index contributed by atoms with van der Waals surface area (Å²) in [4.78, 5) is 31.5. The number of hydrogen-bond donors (Lipinski definition) is 2. The number of fused-ring (bicyclic) bond motifs is 1. The van der Waals surface area contributed by atoms with Crippen LogP contribution in [0.3, 0.4) is 0 Å². The molecule has 2 heterocycles. The topological polar surface area (TPSA) is 118 Å². The Morgan fingerprint density at radius 3 is 2.86 bits per heavy atom. The average molecular weight is 375 g/mol. The lowest BCUT2D eigenvalue weighted by atomic mass is 10.1. The Kier molecular flexibility index (Phi) is 4.63. The highest BCUT2D eigenvalue weighted by Gasteiger charge is 2.09. The quantitative estimate of drug-likeness (QED) is 0.549. The van der Waals surface area contributed by atoms with Crippen LogP contribution in [0.5, 0.6) is 0 Å². The molecule has 0 spiro atoms. The first-order valence-corrected chi connectivity index (χ1v) is 8.72. The van der Waals surface area contributed by atoms with Gasteiger partial charge in [0, 0.05) is 18.5 Å². The fourth-order valence-corrected chi connectivity index (χ4v) is 2.97. The third-order valence-corrected chi connectivity index (χ3v) is 4.33. The molecule has 0 fully saturated rings. The van der Waals surface area contributed by atoms with Gasteiger partial charge in [-0.15, -0.1) is 5.10 Å². The number of hydrogen-bond acceptors (Lipinski definition) is 6. The zero-order chi connectivity index (χ0) is 19.5. The fraction of sp³-hybridized carbons (Fsp3) is 0.158. The summed E-state index contributed by atoms with van der Waals surface area (Å²) in [5, 5.41) is 14.5. The molecule has 0 aliphatic rings. The molecule has 4 aromatic rings. The van der Waals surface area contributed by atoms with Crippen molar-refractivity contribution in [3.63, 3.8) is 0 Å². The minimum atomic E-state index is -0.199. The molecule has 0 atom stereocenters. The van der Waals surface area contributed by atoms with Gasteiger partial charge in [-0.25, -0.2) is 9.67 Å². The summed E-state index contributed by atoms with van der Waals surface area (Å²) in [5.74, 6) is 0.328. The van der Waals surface area contributed by atoms with Crippen LogP contribution in [0.15, 0.2) is 53.6 Å². The Balaban J connectivity index is 1.42. The van der Waals surface area contributed by atoms with E-state index in [9.17, 15) is 9.59 Å². The van der Waals surface area contributed by atoms with Gasteiger partial charge in [0.25, 0.3) is 5.56 Å². The molecule has 0 aliphatic heterocycles. The lowest BCUT2D eigenvalue weighted by Crippen LogP contribution is -2.16. The molecular formula is C19H17N7O2. The van der Waals surface area contributed by atoms with E-state index in [1.54, 1.807) is 28.9 Å². The second-order valence-electron chi connectivity index (χ2n) is 6.33. The number of anilines is 1. The molecule has 140 valence electrons. The SMILES string of the molecule is Cc1cc(NC(=O)CCc2nc3ccccc3c(=O)[nH]2)ccc1-n1cnnn1. The highest BCUT2D eigenvalue weighted by Crippen LogP contribution is 2.18. The number of carbonyl (C=O) groups is 1. The first kappa shape index (κ1) is 17.5. The zero-order valence-corrected chi connectivity index (χ0v) is 15.1. The molecule has 0 unspecified atom stereocenters. The van der Waals surface area contributed by atoms with Crippen molar-refractivity contribution in [1.82, 2.24) is 30.2 Å². The van der Waals surface area contributed by atoms with E-state index in [0.29, 0.717) is 28.8 Å². The van der Waals surface area contributed by atoms with Gasteiger partial charge in [-0.05, 0) is 53.2 Å². The Hall–Kier alpha value is -3.88. The van der Waals surface area contributed by atoms with E-state index >= 15 is 0 Å². The summed E-state index contributed by atoms with van der Waals surface area (Å²) in [7, 11) is 0. The lowest BCUT2D eigenvalue weighted by Gasteiger charge is -2.09. The van der Waals surface area contributed by atoms with Crippen molar-refractivity contribution in [2.24, 2.45) is 0 Å². The molecular weight excluding hydrogens is 358 g/mol. The Morgan fingerprint density at radius 1 is 1.21 bits per heavy atom. The van der Waals surface area contributed by atoms with E-state index in [2.05, 4.69) is 30.8 Å². The predicted molar refractivity (Wildman–Crippen MR) is 103 cm³/mol. The first-order chi connectivity index (χ1) is 13.6. The Labute approximate surface area is 159 Å². The number of tetrazole rings is 1. The van der Waals surface area contributed by atoms with Gasteiger partial charge < -0.3 is 10.3 Å². The number of para-hydroxylation sites is 1. The van der Waals surface area contributed by atoms with Crippen molar-refractivity contribution in [1.29, 1.82) is 0 Å². The van der Waals surface area contributed by atoms with Crippen LogP contribution in [-0.4, -0.2) is 36.1 Å². The van der Waals surface area contributed by atoms with Gasteiger partial charge in [0.05, 0.1) is 16.6 Å². The van der Waals surface area contributed by atoms with Crippen molar-refractivity contribution in [2.45, 2.75) is 19.8 Å². The third-order valence-electron chi connectivity index (χ3n) is 4.33. The van der Waals surface area contributed by atoms with Gasteiger partial charge in [0.1, 0.15) is 12.2 Å². The van der Waals surface area contributed by atoms with Gasteiger partial charge >= 0.3 is 0 Å². The fourth-order valence-electron chi connectivity index (χ4n) is 2.97. The van der Waals surface area contributed by atoms with Gasteiger partial charge in [0.15, 0.2) is 0 Å². The van der Waals surface area contributed by atoms with Crippen LogP contribution in [0.25, 0.3) is 16.6 Å². The molecule has 2 aromatic carbocycles. The maximum atomic E-state index is 12.3. The van der Waals surface area contributed by atoms with E-state index in [1.165, 1.54) is 6.33 Å². The molecule has 0 aliphatic carbocycles. The van der Waals surface area contributed by atoms with Crippen molar-refractivity contribution >= 4 is 22.5 Å². The number of amides is 1. The minimum Gasteiger partial charge on any atom is -0.326 e. The molecule has 4 rings (SSSR count). The van der Waals surface area contributed by atoms with Gasteiger partial charge in [-0.2, -0.15) is 0 Å². The molecule has 2 aromatic heterocycles. The second-order valence-corrected chi connectivity index (χ2v) is 6.33. The van der Waals surface area contributed by atoms with Crippen LogP contribution >= 0.6 is 0 Å². The highest BCUT2D eigenvalue weighted by molar-refractivity contribution is 5.91. The first-order valence-electron chi connectivity index (χ1n) is 8.72. The number of aromatic nitrogens is 6. The monoisotopic (exact) mass is 375 g/mol. The van der Waals surface area contributed by atoms with Gasteiger partial charge in [-0.3, -0.25) is 9.59 Å². The molecule has 9 nitrogen and oxygen atoms in total. The van der Waals surface area contributed by atoms with E-state index in [-0.39, 0.29) is 17.9 Å². The molecule has 2 N–H and O–H groups in total. The van der Waals surface area contributed by atoms with Gasteiger partial charge in [-0.1, -0.05) is 12.1 Å². The molecule has 0 radical (unpaired) electrons. The molecule has 1 amide bonds. The van der Waals surface area contributed by atoms with Crippen LogP contribution in [0.4, 0.5) is 5.69 Å². The van der Waals surface area contributed by atoms with Gasteiger partial charge in [0.2, 0.25) is 5.91 Å². The van der Waals surface area contributed by atoms with Crippen molar-refractivity contribution in [3.8, 4) is 5.69 Å². The summed E-state index contributed by atoms with van der Waals surface area (Å²) in [5.41, 5.74) is 2.86. The normalized spacial score (nSPS) is 10.9. The summed E-state index contributed by atoms with van der Waals surface area (Å²) in [6.07, 6.45) is 2.06. The van der Waals surface area contributed by atoms with Crippen LogP contribution < -0.4 is 10.9 Å². The lowest BCUT2D eigenvalue weighted by molar-refractivity contribution is -0.116. The number of nitrogens with zero attached hydrogens (tertiary/aromatic N) is 5. The number of aromatic amines is 1. The molecule has 9 heteroatoms. The van der Waals surface area contributed by atoms with E-state index in [1.807, 2.05) is 25.1 Å². The summed E-state index contributed by atoms with van der Waals surface area (Å²) in [6, 6.07) is 12.6. The maximum absolute atomic E-state index is 12.3. The number of carbonyl (C=O) groups excluding carboxylic acids is 1. The highest BCUT2D eigenvalue weighted by atomic mass is 16.1. The second kappa shape index (κ2) is 7.39. The zero-order valence-electron chi connectivity index (χ0n) is 15.1. The van der Waals surface area contributed by atoms with Crippen molar-refractivity contribution in [2.75, 3.05) is 5.32 Å². The Bertz CT molecular complexity index is 1200.